The minimum absolute atomic E-state index is 0.155. The van der Waals surface area contributed by atoms with E-state index in [1.807, 2.05) is 58.0 Å². The molecule has 9 heteroatoms. The third-order valence-corrected chi connectivity index (χ3v) is 6.51. The fourth-order valence-corrected chi connectivity index (χ4v) is 4.57. The third kappa shape index (κ3) is 8.16. The first-order chi connectivity index (χ1) is 15.2. The van der Waals surface area contributed by atoms with Crippen LogP contribution in [0.1, 0.15) is 38.8 Å². The van der Waals surface area contributed by atoms with E-state index in [1.165, 1.54) is 4.90 Å². The molecular weight excluding hydrogens is 506 g/mol. The molecule has 0 saturated carbocycles. The number of hydrogen-bond donors (Lipinski definition) is 1. The van der Waals surface area contributed by atoms with Crippen LogP contribution in [0, 0.1) is 6.92 Å². The van der Waals surface area contributed by atoms with Crippen LogP contribution in [0.2, 0.25) is 0 Å². The number of amides is 2. The van der Waals surface area contributed by atoms with Crippen molar-refractivity contribution in [2.75, 3.05) is 17.1 Å². The molecule has 0 aliphatic carbocycles. The van der Waals surface area contributed by atoms with Gasteiger partial charge in [0, 0.05) is 16.6 Å². The topological polar surface area (TPSA) is 86.8 Å². The van der Waals surface area contributed by atoms with Gasteiger partial charge in [-0.2, -0.15) is 0 Å². The van der Waals surface area contributed by atoms with E-state index in [9.17, 15) is 18.0 Å². The number of halogens is 1. The molecule has 2 rings (SSSR count). The van der Waals surface area contributed by atoms with Crippen molar-refractivity contribution >= 4 is 43.5 Å². The lowest BCUT2D eigenvalue weighted by molar-refractivity contribution is -0.140. The van der Waals surface area contributed by atoms with Crippen molar-refractivity contribution in [1.29, 1.82) is 0 Å². The van der Waals surface area contributed by atoms with Crippen LogP contribution in [0.5, 0.6) is 0 Å². The molecule has 0 radical (unpaired) electrons. The summed E-state index contributed by atoms with van der Waals surface area (Å²) in [6.45, 7) is 8.83. The lowest BCUT2D eigenvalue weighted by Gasteiger charge is -2.33. The predicted molar refractivity (Wildman–Crippen MR) is 135 cm³/mol. The van der Waals surface area contributed by atoms with E-state index in [-0.39, 0.29) is 12.5 Å². The van der Waals surface area contributed by atoms with Gasteiger partial charge in [0.1, 0.15) is 12.6 Å². The van der Waals surface area contributed by atoms with Gasteiger partial charge in [0.05, 0.1) is 11.9 Å². The molecule has 0 aromatic heterocycles. The van der Waals surface area contributed by atoms with Crippen LogP contribution in [0.4, 0.5) is 5.69 Å². The fraction of sp³-hybridized carbons (Fsp3) is 0.417. The van der Waals surface area contributed by atoms with Crippen LogP contribution in [-0.4, -0.2) is 49.5 Å². The molecule has 2 amide bonds. The van der Waals surface area contributed by atoms with Crippen molar-refractivity contribution < 1.29 is 18.0 Å². The molecule has 0 bridgehead atoms. The zero-order valence-corrected chi connectivity index (χ0v) is 22.3. The summed E-state index contributed by atoms with van der Waals surface area (Å²) in [7, 11) is -3.74. The lowest BCUT2D eigenvalue weighted by atomic mass is 10.1. The zero-order valence-electron chi connectivity index (χ0n) is 19.9. The second kappa shape index (κ2) is 10.7. The van der Waals surface area contributed by atoms with Crippen molar-refractivity contribution in [3.05, 3.63) is 64.1 Å². The van der Waals surface area contributed by atoms with Crippen molar-refractivity contribution in [2.45, 2.75) is 52.7 Å². The van der Waals surface area contributed by atoms with E-state index >= 15 is 0 Å². The van der Waals surface area contributed by atoms with E-state index in [4.69, 9.17) is 0 Å². The van der Waals surface area contributed by atoms with Crippen LogP contribution >= 0.6 is 15.9 Å². The maximum atomic E-state index is 13.5. The summed E-state index contributed by atoms with van der Waals surface area (Å²) in [5.74, 6) is -0.786. The molecule has 2 aromatic carbocycles. The van der Waals surface area contributed by atoms with E-state index in [2.05, 4.69) is 21.2 Å². The number of hydrogen-bond acceptors (Lipinski definition) is 4. The number of anilines is 1. The molecular formula is C24H32BrN3O4S. The molecule has 2 aromatic rings. The van der Waals surface area contributed by atoms with Crippen LogP contribution < -0.4 is 9.62 Å². The minimum Gasteiger partial charge on any atom is -0.350 e. The zero-order chi connectivity index (χ0) is 25.0. The van der Waals surface area contributed by atoms with Gasteiger partial charge < -0.3 is 10.2 Å². The average molecular weight is 539 g/mol. The Morgan fingerprint density at radius 3 is 2.27 bits per heavy atom. The number of aryl methyl sites for hydroxylation is 1. The Labute approximate surface area is 205 Å². The Hall–Kier alpha value is -2.39. The van der Waals surface area contributed by atoms with Gasteiger partial charge in [-0.15, -0.1) is 0 Å². The molecule has 0 saturated heterocycles. The summed E-state index contributed by atoms with van der Waals surface area (Å²) in [5, 5.41) is 2.90. The van der Waals surface area contributed by atoms with Gasteiger partial charge in [0.2, 0.25) is 21.8 Å². The molecule has 0 aliphatic rings. The first-order valence-corrected chi connectivity index (χ1v) is 13.2. The fourth-order valence-electron chi connectivity index (χ4n) is 3.29. The first kappa shape index (κ1) is 26.9. The molecule has 1 atom stereocenters. The molecule has 0 heterocycles. The van der Waals surface area contributed by atoms with Crippen LogP contribution in [0.3, 0.4) is 0 Å². The number of carbonyl (C=O) groups is 2. The Balaban J connectivity index is 2.41. The number of sulfonamides is 1. The molecule has 0 fully saturated rings. The first-order valence-electron chi connectivity index (χ1n) is 10.6. The van der Waals surface area contributed by atoms with E-state index in [0.717, 1.165) is 26.2 Å². The minimum atomic E-state index is -3.74. The van der Waals surface area contributed by atoms with Gasteiger partial charge in [0.15, 0.2) is 0 Å². The standard InChI is InChI=1S/C24H32BrN3O4S/c1-17-9-7-12-21(13-17)28(33(6,31)32)16-22(29)27(15-19-10-8-11-20(25)14-19)18(2)23(30)26-24(3,4)5/h7-14,18H,15-16H2,1-6H3,(H,26,30). The lowest BCUT2D eigenvalue weighted by Crippen LogP contribution is -2.54. The highest BCUT2D eigenvalue weighted by Crippen LogP contribution is 2.21. The Bertz CT molecular complexity index is 1110. The molecule has 1 unspecified atom stereocenters. The Morgan fingerprint density at radius 2 is 1.73 bits per heavy atom. The second-order valence-corrected chi connectivity index (χ2v) is 12.0. The van der Waals surface area contributed by atoms with Crippen molar-refractivity contribution in [3.8, 4) is 0 Å². The van der Waals surface area contributed by atoms with Crippen LogP contribution in [0.25, 0.3) is 0 Å². The smallest absolute Gasteiger partial charge is 0.244 e. The summed E-state index contributed by atoms with van der Waals surface area (Å²) in [6.07, 6.45) is 1.07. The molecule has 1 N–H and O–H groups in total. The van der Waals surface area contributed by atoms with E-state index in [1.54, 1.807) is 25.1 Å². The van der Waals surface area contributed by atoms with E-state index in [0.29, 0.717) is 5.69 Å². The maximum absolute atomic E-state index is 13.5. The quantitative estimate of drug-likeness (QED) is 0.553. The van der Waals surface area contributed by atoms with Crippen molar-refractivity contribution in [1.82, 2.24) is 10.2 Å². The molecule has 0 spiro atoms. The molecule has 0 aliphatic heterocycles. The number of nitrogens with zero attached hydrogens (tertiary/aromatic N) is 2. The van der Waals surface area contributed by atoms with Crippen molar-refractivity contribution in [2.24, 2.45) is 0 Å². The van der Waals surface area contributed by atoms with E-state index < -0.39 is 34.1 Å². The summed E-state index contributed by atoms with van der Waals surface area (Å²) in [4.78, 5) is 27.8. The van der Waals surface area contributed by atoms with Gasteiger partial charge in [-0.25, -0.2) is 8.42 Å². The van der Waals surface area contributed by atoms with Gasteiger partial charge in [-0.05, 0) is 70.0 Å². The molecule has 33 heavy (non-hydrogen) atoms. The van der Waals surface area contributed by atoms with Crippen molar-refractivity contribution in [3.63, 3.8) is 0 Å². The Kier molecular flexibility index (Phi) is 8.70. The maximum Gasteiger partial charge on any atom is 0.244 e. The van der Waals surface area contributed by atoms with Gasteiger partial charge in [-0.3, -0.25) is 13.9 Å². The molecule has 180 valence electrons. The summed E-state index contributed by atoms with van der Waals surface area (Å²) >= 11 is 3.43. The Morgan fingerprint density at radius 1 is 1.09 bits per heavy atom. The van der Waals surface area contributed by atoms with Crippen LogP contribution in [0.15, 0.2) is 53.0 Å². The average Bonchev–Trinajstić information content (AvgIpc) is 2.67. The van der Waals surface area contributed by atoms with Gasteiger partial charge in [0.25, 0.3) is 0 Å². The largest absolute Gasteiger partial charge is 0.350 e. The molecule has 7 nitrogen and oxygen atoms in total. The highest BCUT2D eigenvalue weighted by molar-refractivity contribution is 9.10. The number of nitrogens with one attached hydrogen (secondary N) is 1. The normalized spacial score (nSPS) is 12.7. The van der Waals surface area contributed by atoms with Gasteiger partial charge in [-0.1, -0.05) is 40.2 Å². The number of rotatable bonds is 8. The predicted octanol–water partition coefficient (Wildman–Crippen LogP) is 3.86. The van der Waals surface area contributed by atoms with Crippen LogP contribution in [-0.2, 0) is 26.2 Å². The SMILES string of the molecule is Cc1cccc(N(CC(=O)N(Cc2cccc(Br)c2)C(C)C(=O)NC(C)(C)C)S(C)(=O)=O)c1. The number of carbonyl (C=O) groups excluding carboxylic acids is 2. The highest BCUT2D eigenvalue weighted by atomic mass is 79.9. The van der Waals surface area contributed by atoms with Gasteiger partial charge >= 0.3 is 0 Å². The second-order valence-electron chi connectivity index (χ2n) is 9.18. The number of benzene rings is 2. The summed E-state index contributed by atoms with van der Waals surface area (Å²) < 4.78 is 27.0. The third-order valence-electron chi connectivity index (χ3n) is 4.88. The highest BCUT2D eigenvalue weighted by Gasteiger charge is 2.31. The monoisotopic (exact) mass is 537 g/mol. The summed E-state index contributed by atoms with van der Waals surface area (Å²) in [5.41, 5.74) is 1.61. The summed E-state index contributed by atoms with van der Waals surface area (Å²) in [6, 6.07) is 13.6.